The number of rotatable bonds is 4. The second kappa shape index (κ2) is 9.72. The van der Waals surface area contributed by atoms with Crippen molar-refractivity contribution in [3.8, 4) is 0 Å². The zero-order chi connectivity index (χ0) is 14.7. The lowest BCUT2D eigenvalue weighted by Crippen LogP contribution is -2.10. The number of aliphatic hydroxyl groups is 1. The van der Waals surface area contributed by atoms with Crippen molar-refractivity contribution >= 4 is 5.97 Å². The average molecular weight is 261 g/mol. The fourth-order valence-electron chi connectivity index (χ4n) is 1.25. The van der Waals surface area contributed by atoms with Gasteiger partial charge in [0.2, 0.25) is 0 Å². The van der Waals surface area contributed by atoms with E-state index < -0.39 is 5.97 Å². The normalized spacial score (nSPS) is 10.4. The minimum atomic E-state index is -0.782. The van der Waals surface area contributed by atoms with E-state index in [1.54, 1.807) is 0 Å². The zero-order valence-corrected chi connectivity index (χ0v) is 11.5. The zero-order valence-electron chi connectivity index (χ0n) is 11.5. The van der Waals surface area contributed by atoms with Crippen LogP contribution in [-0.4, -0.2) is 17.7 Å². The summed E-state index contributed by atoms with van der Waals surface area (Å²) in [4.78, 5) is 14.3. The Bertz CT molecular complexity index is 454. The molecule has 0 amide bonds. The molecular weight excluding hydrogens is 242 g/mol. The summed E-state index contributed by atoms with van der Waals surface area (Å²) in [7, 11) is 0. The van der Waals surface area contributed by atoms with Crippen LogP contribution in [0.3, 0.4) is 0 Å². The molecule has 0 aromatic heterocycles. The van der Waals surface area contributed by atoms with Crippen molar-refractivity contribution in [3.05, 3.63) is 58.8 Å². The van der Waals surface area contributed by atoms with Crippen LogP contribution in [0.2, 0.25) is 0 Å². The van der Waals surface area contributed by atoms with Gasteiger partial charge in [-0.1, -0.05) is 44.2 Å². The molecule has 0 saturated heterocycles. The average Bonchev–Trinajstić information content (AvgIpc) is 2.42. The van der Waals surface area contributed by atoms with E-state index in [0.29, 0.717) is 6.42 Å². The second-order valence-corrected chi connectivity index (χ2v) is 3.42. The van der Waals surface area contributed by atoms with Gasteiger partial charge in [0, 0.05) is 6.42 Å². The molecule has 0 saturated carbocycles. The Morgan fingerprint density at radius 2 is 1.89 bits per heavy atom. The van der Waals surface area contributed by atoms with E-state index in [1.807, 2.05) is 44.2 Å². The van der Waals surface area contributed by atoms with Crippen molar-refractivity contribution in [2.24, 2.45) is 0 Å². The van der Waals surface area contributed by atoms with Crippen LogP contribution in [-0.2, 0) is 16.0 Å². The molecule has 0 radical (unpaired) electrons. The van der Waals surface area contributed by atoms with E-state index >= 15 is 0 Å². The Kier molecular flexibility index (Phi) is 8.55. The highest BCUT2D eigenvalue weighted by atomic mass is 16.5. The predicted octanol–water partition coefficient (Wildman–Crippen LogP) is 3.51. The van der Waals surface area contributed by atoms with Crippen LogP contribution >= 0.6 is 0 Å². The third kappa shape index (κ3) is 6.27. The van der Waals surface area contributed by atoms with Crippen LogP contribution < -0.4 is 0 Å². The van der Waals surface area contributed by atoms with Gasteiger partial charge in [-0.15, -0.1) is 0 Å². The van der Waals surface area contributed by atoms with E-state index in [4.69, 9.17) is 16.4 Å². The number of benzene rings is 1. The first-order chi connectivity index (χ1) is 9.15. The highest BCUT2D eigenvalue weighted by molar-refractivity contribution is 5.90. The molecule has 1 rings (SSSR count). The third-order valence-corrected chi connectivity index (χ3v) is 2.11. The molecular formula is C15H19NO3. The quantitative estimate of drug-likeness (QED) is 0.390. The first kappa shape index (κ1) is 16.7. The molecule has 0 aliphatic rings. The van der Waals surface area contributed by atoms with Gasteiger partial charge in [0.25, 0.3) is 0 Å². The number of carbonyl (C=O) groups is 1. The van der Waals surface area contributed by atoms with Crippen molar-refractivity contribution in [2.75, 3.05) is 6.61 Å². The number of ether oxygens (including phenoxy) is 1. The third-order valence-electron chi connectivity index (χ3n) is 2.11. The van der Waals surface area contributed by atoms with Crippen molar-refractivity contribution in [3.63, 3.8) is 0 Å². The maximum Gasteiger partial charge on any atom is 0.339 e. The lowest BCUT2D eigenvalue weighted by atomic mass is 10.2. The van der Waals surface area contributed by atoms with Crippen LogP contribution in [0.4, 0.5) is 0 Å². The number of nitrogens with zero attached hydrogens (tertiary/aromatic N) is 1. The molecule has 4 nitrogen and oxygen atoms in total. The molecule has 4 heteroatoms. The van der Waals surface area contributed by atoms with Crippen molar-refractivity contribution in [2.45, 2.75) is 27.2 Å². The fraction of sp³-hybridized carbons (Fsp3) is 0.333. The molecule has 0 atom stereocenters. The standard InChI is InChI=1S/C13H13NO3.C2H6/c1-10(15)12(14-2)13(16)17-9-8-11-6-4-3-5-7-11;1-2/h3-7,15H,8-9H2,1H3;1-2H3/b12-10+;. The maximum atomic E-state index is 11.4. The Balaban J connectivity index is 0.00000154. The molecule has 0 aliphatic heterocycles. The van der Waals surface area contributed by atoms with Crippen LogP contribution in [0.1, 0.15) is 26.3 Å². The van der Waals surface area contributed by atoms with Crippen LogP contribution in [0.5, 0.6) is 0 Å². The van der Waals surface area contributed by atoms with Crippen LogP contribution in [0, 0.1) is 6.57 Å². The summed E-state index contributed by atoms with van der Waals surface area (Å²) in [6, 6.07) is 9.57. The number of esters is 1. The van der Waals surface area contributed by atoms with Crippen molar-refractivity contribution in [1.82, 2.24) is 0 Å². The molecule has 0 bridgehead atoms. The summed E-state index contributed by atoms with van der Waals surface area (Å²) in [5, 5.41) is 9.06. The SMILES string of the molecule is CC.[C-]#[N+]/C(C(=O)OCCc1ccccc1)=C(\C)O. The Morgan fingerprint density at radius 3 is 2.37 bits per heavy atom. The van der Waals surface area contributed by atoms with Crippen molar-refractivity contribution in [1.29, 1.82) is 0 Å². The van der Waals surface area contributed by atoms with E-state index in [0.717, 1.165) is 5.56 Å². The summed E-state index contributed by atoms with van der Waals surface area (Å²) in [5.41, 5.74) is 0.687. The molecule has 0 fully saturated rings. The van der Waals surface area contributed by atoms with Gasteiger partial charge in [0.1, 0.15) is 5.76 Å². The topological polar surface area (TPSA) is 50.9 Å². The molecule has 0 heterocycles. The predicted molar refractivity (Wildman–Crippen MR) is 74.4 cm³/mol. The number of aliphatic hydroxyl groups excluding tert-OH is 1. The highest BCUT2D eigenvalue weighted by Gasteiger charge is 2.14. The van der Waals surface area contributed by atoms with Gasteiger partial charge in [-0.05, 0) is 12.5 Å². The molecule has 0 spiro atoms. The molecule has 19 heavy (non-hydrogen) atoms. The minimum absolute atomic E-state index is 0.190. The monoisotopic (exact) mass is 261 g/mol. The van der Waals surface area contributed by atoms with Crippen LogP contribution in [0.15, 0.2) is 41.8 Å². The van der Waals surface area contributed by atoms with Gasteiger partial charge in [-0.2, -0.15) is 0 Å². The molecule has 0 aliphatic carbocycles. The van der Waals surface area contributed by atoms with Crippen molar-refractivity contribution < 1.29 is 14.6 Å². The summed E-state index contributed by atoms with van der Waals surface area (Å²) in [5.74, 6) is -1.10. The van der Waals surface area contributed by atoms with E-state index in [2.05, 4.69) is 4.85 Å². The van der Waals surface area contributed by atoms with Gasteiger partial charge >= 0.3 is 11.7 Å². The summed E-state index contributed by atoms with van der Waals surface area (Å²) < 4.78 is 4.89. The first-order valence-corrected chi connectivity index (χ1v) is 6.13. The number of hydrogen-bond acceptors (Lipinski definition) is 3. The fourth-order valence-corrected chi connectivity index (χ4v) is 1.25. The molecule has 0 unspecified atom stereocenters. The molecule has 1 aromatic carbocycles. The largest absolute Gasteiger partial charge is 0.523 e. The number of hydrogen-bond donors (Lipinski definition) is 1. The lowest BCUT2D eigenvalue weighted by molar-refractivity contribution is -0.138. The van der Waals surface area contributed by atoms with Gasteiger partial charge in [-0.3, -0.25) is 4.79 Å². The number of carbonyl (C=O) groups excluding carboxylic acids is 1. The first-order valence-electron chi connectivity index (χ1n) is 6.13. The second-order valence-electron chi connectivity index (χ2n) is 3.42. The Labute approximate surface area is 114 Å². The lowest BCUT2D eigenvalue weighted by Gasteiger charge is -2.04. The molecule has 1 aromatic rings. The van der Waals surface area contributed by atoms with Crippen LogP contribution in [0.25, 0.3) is 4.85 Å². The molecule has 102 valence electrons. The highest BCUT2D eigenvalue weighted by Crippen LogP contribution is 2.06. The van der Waals surface area contributed by atoms with E-state index in [1.165, 1.54) is 6.92 Å². The summed E-state index contributed by atoms with van der Waals surface area (Å²) >= 11 is 0. The minimum Gasteiger partial charge on any atom is -0.523 e. The Morgan fingerprint density at radius 1 is 1.32 bits per heavy atom. The van der Waals surface area contributed by atoms with Gasteiger partial charge in [0.05, 0.1) is 13.2 Å². The summed E-state index contributed by atoms with van der Waals surface area (Å²) in [6.45, 7) is 12.2. The van der Waals surface area contributed by atoms with Gasteiger partial charge in [-0.25, -0.2) is 4.85 Å². The van der Waals surface area contributed by atoms with E-state index in [9.17, 15) is 4.79 Å². The smallest absolute Gasteiger partial charge is 0.339 e. The van der Waals surface area contributed by atoms with Gasteiger partial charge in [0.15, 0.2) is 0 Å². The maximum absolute atomic E-state index is 11.4. The van der Waals surface area contributed by atoms with E-state index in [-0.39, 0.29) is 18.1 Å². The number of allylic oxidation sites excluding steroid dienone is 1. The van der Waals surface area contributed by atoms with Gasteiger partial charge < -0.3 is 9.84 Å². The summed E-state index contributed by atoms with van der Waals surface area (Å²) in [6.07, 6.45) is 0.586. The molecule has 1 N–H and O–H groups in total. The Hall–Kier alpha value is -2.28.